The first kappa shape index (κ1) is 9.84. The van der Waals surface area contributed by atoms with Crippen LogP contribution in [0.2, 0.25) is 0 Å². The van der Waals surface area contributed by atoms with Gasteiger partial charge < -0.3 is 5.73 Å². The molecule has 0 radical (unpaired) electrons. The Morgan fingerprint density at radius 2 is 2.19 bits per heavy atom. The van der Waals surface area contributed by atoms with E-state index in [9.17, 15) is 0 Å². The molecule has 1 saturated carbocycles. The Morgan fingerprint density at radius 3 is 2.88 bits per heavy atom. The molecule has 82 valence electrons. The van der Waals surface area contributed by atoms with Crippen LogP contribution < -0.4 is 5.73 Å². The van der Waals surface area contributed by atoms with Gasteiger partial charge in [-0.1, -0.05) is 27.2 Å². The van der Waals surface area contributed by atoms with Gasteiger partial charge in [-0.2, -0.15) is 4.68 Å². The maximum Gasteiger partial charge on any atom is 0.151 e. The third kappa shape index (κ3) is 1.61. The van der Waals surface area contributed by atoms with Gasteiger partial charge in [-0.3, -0.25) is 0 Å². The summed E-state index contributed by atoms with van der Waals surface area (Å²) in [5.74, 6) is 1.20. The zero-order valence-electron chi connectivity index (χ0n) is 8.60. The maximum atomic E-state index is 6.05. The molecule has 2 aromatic rings. The number of aromatic nitrogens is 3. The van der Waals surface area contributed by atoms with E-state index in [1.54, 1.807) is 4.68 Å². The van der Waals surface area contributed by atoms with Crippen LogP contribution in [0.5, 0.6) is 0 Å². The van der Waals surface area contributed by atoms with Crippen LogP contribution in [0.1, 0.15) is 24.5 Å². The van der Waals surface area contributed by atoms with Crippen molar-refractivity contribution in [3.63, 3.8) is 0 Å². The van der Waals surface area contributed by atoms with E-state index in [0.717, 1.165) is 15.9 Å². The molecule has 2 N–H and O–H groups in total. The Balaban J connectivity index is 2.06. The van der Waals surface area contributed by atoms with Gasteiger partial charge in [-0.15, -0.1) is 5.10 Å². The summed E-state index contributed by atoms with van der Waals surface area (Å²) >= 11 is 3.43. The van der Waals surface area contributed by atoms with E-state index in [4.69, 9.17) is 5.73 Å². The molecule has 5 heteroatoms. The first-order valence-electron chi connectivity index (χ1n) is 5.23. The molecule has 3 rings (SSSR count). The molecule has 1 aliphatic rings. The summed E-state index contributed by atoms with van der Waals surface area (Å²) in [4.78, 5) is 0. The van der Waals surface area contributed by atoms with Gasteiger partial charge in [0.1, 0.15) is 5.69 Å². The van der Waals surface area contributed by atoms with E-state index >= 15 is 0 Å². The standard InChI is InChI=1S/C11H11BrN4/c12-8-2-1-3-9(6-8)16-11(13)10(14-15-16)7-4-5-7/h1-3,6-7H,4-5,13H2. The van der Waals surface area contributed by atoms with Crippen molar-refractivity contribution in [3.8, 4) is 5.69 Å². The SMILES string of the molecule is Nc1c(C2CC2)nnn1-c1cccc(Br)c1. The number of hydrogen-bond donors (Lipinski definition) is 1. The molecule has 0 saturated heterocycles. The monoisotopic (exact) mass is 278 g/mol. The molecule has 0 aliphatic heterocycles. The van der Waals surface area contributed by atoms with E-state index in [1.807, 2.05) is 24.3 Å². The van der Waals surface area contributed by atoms with Gasteiger partial charge in [0.25, 0.3) is 0 Å². The van der Waals surface area contributed by atoms with Crippen molar-refractivity contribution < 1.29 is 0 Å². The summed E-state index contributed by atoms with van der Waals surface area (Å²) in [6.45, 7) is 0. The van der Waals surface area contributed by atoms with Crippen LogP contribution in [0.15, 0.2) is 28.7 Å². The minimum absolute atomic E-state index is 0.529. The smallest absolute Gasteiger partial charge is 0.151 e. The number of nitrogens with two attached hydrogens (primary N) is 1. The second-order valence-electron chi connectivity index (χ2n) is 4.03. The third-order valence-electron chi connectivity index (χ3n) is 2.75. The molecule has 0 amide bonds. The maximum absolute atomic E-state index is 6.05. The van der Waals surface area contributed by atoms with E-state index in [1.165, 1.54) is 12.8 Å². The van der Waals surface area contributed by atoms with Crippen LogP contribution in [0.3, 0.4) is 0 Å². The number of halogens is 1. The normalized spacial score (nSPS) is 15.3. The van der Waals surface area contributed by atoms with Crippen molar-refractivity contribution in [1.82, 2.24) is 15.0 Å². The van der Waals surface area contributed by atoms with Crippen molar-refractivity contribution in [3.05, 3.63) is 34.4 Å². The molecule has 0 bridgehead atoms. The predicted octanol–water partition coefficient (Wildman–Crippen LogP) is 2.49. The summed E-state index contributed by atoms with van der Waals surface area (Å²) in [5, 5.41) is 8.27. The average molecular weight is 279 g/mol. The number of nitrogens with zero attached hydrogens (tertiary/aromatic N) is 3. The molecule has 1 aliphatic carbocycles. The summed E-state index contributed by atoms with van der Waals surface area (Å²) in [5.41, 5.74) is 7.93. The molecule has 1 heterocycles. The highest BCUT2D eigenvalue weighted by Gasteiger charge is 2.29. The van der Waals surface area contributed by atoms with Crippen LogP contribution in [-0.2, 0) is 0 Å². The Labute approximate surface area is 102 Å². The first-order chi connectivity index (χ1) is 7.75. The van der Waals surface area contributed by atoms with Crippen molar-refractivity contribution >= 4 is 21.7 Å². The predicted molar refractivity (Wildman–Crippen MR) is 65.4 cm³/mol. The van der Waals surface area contributed by atoms with Crippen molar-refractivity contribution in [1.29, 1.82) is 0 Å². The lowest BCUT2D eigenvalue weighted by atomic mass is 10.3. The summed E-state index contributed by atoms with van der Waals surface area (Å²) in [6.07, 6.45) is 2.36. The molecule has 1 aromatic heterocycles. The average Bonchev–Trinajstić information content (AvgIpc) is 3.03. The molecular weight excluding hydrogens is 268 g/mol. The zero-order valence-corrected chi connectivity index (χ0v) is 10.2. The lowest BCUT2D eigenvalue weighted by molar-refractivity contribution is 0.801. The number of nitrogen functional groups attached to an aromatic ring is 1. The topological polar surface area (TPSA) is 56.7 Å². The van der Waals surface area contributed by atoms with Crippen LogP contribution in [-0.4, -0.2) is 15.0 Å². The van der Waals surface area contributed by atoms with E-state index in [0.29, 0.717) is 11.7 Å². The minimum atomic E-state index is 0.529. The highest BCUT2D eigenvalue weighted by molar-refractivity contribution is 9.10. The van der Waals surface area contributed by atoms with Gasteiger partial charge in [-0.25, -0.2) is 0 Å². The van der Waals surface area contributed by atoms with Crippen LogP contribution in [0.4, 0.5) is 5.82 Å². The number of hydrogen-bond acceptors (Lipinski definition) is 3. The van der Waals surface area contributed by atoms with Crippen molar-refractivity contribution in [2.24, 2.45) is 0 Å². The fourth-order valence-electron chi connectivity index (χ4n) is 1.75. The molecule has 4 nitrogen and oxygen atoms in total. The Hall–Kier alpha value is -1.36. The second kappa shape index (κ2) is 3.59. The third-order valence-corrected chi connectivity index (χ3v) is 3.24. The minimum Gasteiger partial charge on any atom is -0.382 e. The van der Waals surface area contributed by atoms with Crippen LogP contribution in [0, 0.1) is 0 Å². The fraction of sp³-hybridized carbons (Fsp3) is 0.273. The summed E-state index contributed by atoms with van der Waals surface area (Å²) in [6, 6.07) is 7.87. The highest BCUT2D eigenvalue weighted by atomic mass is 79.9. The summed E-state index contributed by atoms with van der Waals surface area (Å²) in [7, 11) is 0. The molecule has 0 atom stereocenters. The van der Waals surface area contributed by atoms with Gasteiger partial charge >= 0.3 is 0 Å². The van der Waals surface area contributed by atoms with Gasteiger partial charge in [0.15, 0.2) is 5.82 Å². The van der Waals surface area contributed by atoms with Gasteiger partial charge in [-0.05, 0) is 31.0 Å². The lowest BCUT2D eigenvalue weighted by Gasteiger charge is -2.03. The number of rotatable bonds is 2. The zero-order chi connectivity index (χ0) is 11.1. The molecule has 1 fully saturated rings. The summed E-state index contributed by atoms with van der Waals surface area (Å²) < 4.78 is 2.70. The number of benzene rings is 1. The Bertz CT molecular complexity index is 531. The van der Waals surface area contributed by atoms with E-state index < -0.39 is 0 Å². The van der Waals surface area contributed by atoms with Crippen molar-refractivity contribution in [2.45, 2.75) is 18.8 Å². The van der Waals surface area contributed by atoms with Crippen LogP contribution >= 0.6 is 15.9 Å². The molecule has 1 aromatic carbocycles. The van der Waals surface area contributed by atoms with Gasteiger partial charge in [0.2, 0.25) is 0 Å². The highest BCUT2D eigenvalue weighted by Crippen LogP contribution is 2.41. The first-order valence-corrected chi connectivity index (χ1v) is 6.02. The largest absolute Gasteiger partial charge is 0.382 e. The lowest BCUT2D eigenvalue weighted by Crippen LogP contribution is -2.02. The van der Waals surface area contributed by atoms with E-state index in [2.05, 4.69) is 26.2 Å². The molecule has 0 unspecified atom stereocenters. The Kier molecular flexibility index (Phi) is 2.21. The molecule has 0 spiro atoms. The Morgan fingerprint density at radius 1 is 1.38 bits per heavy atom. The second-order valence-corrected chi connectivity index (χ2v) is 4.94. The van der Waals surface area contributed by atoms with Crippen molar-refractivity contribution in [2.75, 3.05) is 5.73 Å². The van der Waals surface area contributed by atoms with Crippen LogP contribution in [0.25, 0.3) is 5.69 Å². The quantitative estimate of drug-likeness (QED) is 0.918. The number of anilines is 1. The molecular formula is C11H11BrN4. The van der Waals surface area contributed by atoms with Gasteiger partial charge in [0.05, 0.1) is 5.69 Å². The van der Waals surface area contributed by atoms with E-state index in [-0.39, 0.29) is 0 Å². The van der Waals surface area contributed by atoms with Gasteiger partial charge in [0, 0.05) is 10.4 Å². The fourth-order valence-corrected chi connectivity index (χ4v) is 2.13. The molecule has 16 heavy (non-hydrogen) atoms.